The van der Waals surface area contributed by atoms with E-state index in [-0.39, 0.29) is 5.91 Å². The minimum Gasteiger partial charge on any atom is -0.340 e. The highest BCUT2D eigenvalue weighted by atomic mass is 79.9. The Morgan fingerprint density at radius 2 is 1.89 bits per heavy atom. The fraction of sp³-hybridized carbons (Fsp3) is 0.0526. The second-order valence-corrected chi connectivity index (χ2v) is 7.72. The van der Waals surface area contributed by atoms with Gasteiger partial charge in [0, 0.05) is 39.7 Å². The molecule has 9 heteroatoms. The Bertz CT molecular complexity index is 1120. The van der Waals surface area contributed by atoms with Crippen LogP contribution in [0.3, 0.4) is 0 Å². The number of halogens is 1. The first kappa shape index (κ1) is 18.3. The second-order valence-electron chi connectivity index (χ2n) is 5.89. The number of amides is 1. The number of anilines is 3. The third kappa shape index (κ3) is 4.10. The first-order valence-corrected chi connectivity index (χ1v) is 10.0. The standard InChI is InChI=1S/C19H15BrN6OS/c1-12-21-6-7-26(12)18-9-17(22-11-23-18)24-14-2-4-15(5-3-14)25-19(27)16-8-13(20)10-28-16/h2-11H,1H3,(H,25,27)(H,22,23,24). The quantitative estimate of drug-likeness (QED) is 0.452. The molecule has 0 spiro atoms. The highest BCUT2D eigenvalue weighted by Gasteiger charge is 2.09. The van der Waals surface area contributed by atoms with Gasteiger partial charge in [0.25, 0.3) is 5.91 Å². The number of carbonyl (C=O) groups excluding carboxylic acids is 1. The smallest absolute Gasteiger partial charge is 0.265 e. The van der Waals surface area contributed by atoms with Crippen molar-refractivity contribution in [2.24, 2.45) is 0 Å². The fourth-order valence-corrected chi connectivity index (χ4v) is 3.90. The number of benzene rings is 1. The summed E-state index contributed by atoms with van der Waals surface area (Å²) in [6.07, 6.45) is 5.09. The van der Waals surface area contributed by atoms with E-state index in [9.17, 15) is 4.79 Å². The summed E-state index contributed by atoms with van der Waals surface area (Å²) in [6, 6.07) is 11.1. The predicted molar refractivity (Wildman–Crippen MR) is 114 cm³/mol. The number of aromatic nitrogens is 4. The van der Waals surface area contributed by atoms with Crippen molar-refractivity contribution in [1.29, 1.82) is 0 Å². The molecule has 1 aromatic carbocycles. The molecule has 0 fully saturated rings. The Kier molecular flexibility index (Phi) is 5.18. The summed E-state index contributed by atoms with van der Waals surface area (Å²) >= 11 is 4.75. The molecule has 0 atom stereocenters. The number of hydrogen-bond acceptors (Lipinski definition) is 6. The molecule has 3 aromatic heterocycles. The maximum Gasteiger partial charge on any atom is 0.265 e. The van der Waals surface area contributed by atoms with Gasteiger partial charge in [-0.15, -0.1) is 11.3 Å². The van der Waals surface area contributed by atoms with Crippen LogP contribution in [0.4, 0.5) is 17.2 Å². The van der Waals surface area contributed by atoms with Crippen LogP contribution in [0.1, 0.15) is 15.5 Å². The Labute approximate surface area is 173 Å². The van der Waals surface area contributed by atoms with Crippen molar-refractivity contribution in [3.05, 3.63) is 75.7 Å². The van der Waals surface area contributed by atoms with E-state index in [0.717, 1.165) is 27.5 Å². The zero-order chi connectivity index (χ0) is 19.5. The van der Waals surface area contributed by atoms with Crippen LogP contribution in [-0.2, 0) is 0 Å². The Morgan fingerprint density at radius 3 is 2.57 bits per heavy atom. The van der Waals surface area contributed by atoms with Gasteiger partial charge in [0.2, 0.25) is 0 Å². The number of hydrogen-bond donors (Lipinski definition) is 2. The van der Waals surface area contributed by atoms with Crippen molar-refractivity contribution >= 4 is 50.4 Å². The van der Waals surface area contributed by atoms with E-state index in [4.69, 9.17) is 0 Å². The van der Waals surface area contributed by atoms with Gasteiger partial charge in [0.05, 0.1) is 4.88 Å². The van der Waals surface area contributed by atoms with Gasteiger partial charge >= 0.3 is 0 Å². The molecule has 0 aliphatic heterocycles. The van der Waals surface area contributed by atoms with Crippen molar-refractivity contribution in [2.75, 3.05) is 10.6 Å². The van der Waals surface area contributed by atoms with E-state index in [2.05, 4.69) is 41.5 Å². The zero-order valence-corrected chi connectivity index (χ0v) is 17.2. The number of nitrogens with one attached hydrogen (secondary N) is 2. The minimum absolute atomic E-state index is 0.132. The largest absolute Gasteiger partial charge is 0.340 e. The molecule has 0 aliphatic carbocycles. The predicted octanol–water partition coefficient (Wildman–Crippen LogP) is 4.79. The van der Waals surface area contributed by atoms with Crippen LogP contribution in [0.15, 0.2) is 65.0 Å². The van der Waals surface area contributed by atoms with Crippen molar-refractivity contribution in [2.45, 2.75) is 6.92 Å². The SMILES string of the molecule is Cc1nccn1-c1cc(Nc2ccc(NC(=O)c3cc(Br)cs3)cc2)ncn1. The molecule has 0 unspecified atom stereocenters. The molecule has 4 rings (SSSR count). The number of nitrogens with zero attached hydrogens (tertiary/aromatic N) is 4. The van der Waals surface area contributed by atoms with Gasteiger partial charge in [-0.2, -0.15) is 0 Å². The highest BCUT2D eigenvalue weighted by molar-refractivity contribution is 9.10. The van der Waals surface area contributed by atoms with E-state index in [1.807, 2.05) is 53.4 Å². The summed E-state index contributed by atoms with van der Waals surface area (Å²) in [5.41, 5.74) is 1.57. The third-order valence-corrected chi connectivity index (χ3v) is 5.62. The Balaban J connectivity index is 1.45. The first-order chi connectivity index (χ1) is 13.6. The maximum atomic E-state index is 12.2. The van der Waals surface area contributed by atoms with E-state index >= 15 is 0 Å². The molecule has 0 aliphatic rings. The zero-order valence-electron chi connectivity index (χ0n) is 14.8. The molecule has 0 bridgehead atoms. The van der Waals surface area contributed by atoms with Crippen molar-refractivity contribution < 1.29 is 4.79 Å². The fourth-order valence-electron chi connectivity index (χ4n) is 2.58. The van der Waals surface area contributed by atoms with Crippen molar-refractivity contribution in [1.82, 2.24) is 19.5 Å². The number of imidazole rings is 1. The number of rotatable bonds is 5. The van der Waals surface area contributed by atoms with Crippen LogP contribution in [-0.4, -0.2) is 25.4 Å². The molecular weight excluding hydrogens is 440 g/mol. The molecule has 0 saturated carbocycles. The van der Waals surface area contributed by atoms with E-state index in [1.165, 1.54) is 17.7 Å². The van der Waals surface area contributed by atoms with Gasteiger partial charge in [0.15, 0.2) is 0 Å². The lowest BCUT2D eigenvalue weighted by Gasteiger charge is -2.09. The lowest BCUT2D eigenvalue weighted by molar-refractivity contribution is 0.103. The highest BCUT2D eigenvalue weighted by Crippen LogP contribution is 2.22. The molecule has 0 saturated heterocycles. The lowest BCUT2D eigenvalue weighted by Crippen LogP contribution is -2.09. The summed E-state index contributed by atoms with van der Waals surface area (Å²) < 4.78 is 2.78. The number of carbonyl (C=O) groups is 1. The van der Waals surface area contributed by atoms with Crippen LogP contribution in [0, 0.1) is 6.92 Å². The van der Waals surface area contributed by atoms with Crippen LogP contribution < -0.4 is 10.6 Å². The average Bonchev–Trinajstić information content (AvgIpc) is 3.32. The van der Waals surface area contributed by atoms with E-state index in [1.54, 1.807) is 12.3 Å². The molecule has 1 amide bonds. The van der Waals surface area contributed by atoms with Crippen molar-refractivity contribution in [3.63, 3.8) is 0 Å². The molecule has 0 radical (unpaired) electrons. The molecule has 4 aromatic rings. The molecule has 140 valence electrons. The Hall–Kier alpha value is -3.04. The third-order valence-electron chi connectivity index (χ3n) is 3.93. The lowest BCUT2D eigenvalue weighted by atomic mass is 10.2. The summed E-state index contributed by atoms with van der Waals surface area (Å²) in [5, 5.41) is 8.00. The van der Waals surface area contributed by atoms with Crippen LogP contribution in [0.5, 0.6) is 0 Å². The van der Waals surface area contributed by atoms with Gasteiger partial charge in [-0.05, 0) is 53.2 Å². The summed E-state index contributed by atoms with van der Waals surface area (Å²) in [7, 11) is 0. The molecule has 28 heavy (non-hydrogen) atoms. The number of aryl methyl sites for hydroxylation is 1. The second kappa shape index (κ2) is 7.91. The summed E-state index contributed by atoms with van der Waals surface area (Å²) in [4.78, 5) is 25.6. The first-order valence-electron chi connectivity index (χ1n) is 8.33. The van der Waals surface area contributed by atoms with Crippen molar-refractivity contribution in [3.8, 4) is 5.82 Å². The van der Waals surface area contributed by atoms with Crippen LogP contribution in [0.2, 0.25) is 0 Å². The van der Waals surface area contributed by atoms with Gasteiger partial charge < -0.3 is 10.6 Å². The Morgan fingerprint density at radius 1 is 1.11 bits per heavy atom. The summed E-state index contributed by atoms with van der Waals surface area (Å²) in [6.45, 7) is 1.91. The molecular formula is C19H15BrN6OS. The topological polar surface area (TPSA) is 84.7 Å². The molecule has 7 nitrogen and oxygen atoms in total. The van der Waals surface area contributed by atoms with Gasteiger partial charge in [0.1, 0.15) is 23.8 Å². The molecule has 2 N–H and O–H groups in total. The van der Waals surface area contributed by atoms with Crippen LogP contribution in [0.25, 0.3) is 5.82 Å². The average molecular weight is 455 g/mol. The van der Waals surface area contributed by atoms with Gasteiger partial charge in [-0.3, -0.25) is 9.36 Å². The summed E-state index contributed by atoms with van der Waals surface area (Å²) in [5.74, 6) is 2.12. The number of thiophene rings is 1. The van der Waals surface area contributed by atoms with Gasteiger partial charge in [-0.1, -0.05) is 0 Å². The molecule has 3 heterocycles. The van der Waals surface area contributed by atoms with Gasteiger partial charge in [-0.25, -0.2) is 15.0 Å². The maximum absolute atomic E-state index is 12.2. The van der Waals surface area contributed by atoms with Crippen LogP contribution >= 0.6 is 27.3 Å². The van der Waals surface area contributed by atoms with E-state index in [0.29, 0.717) is 10.7 Å². The normalized spacial score (nSPS) is 10.6. The van der Waals surface area contributed by atoms with E-state index < -0.39 is 0 Å². The minimum atomic E-state index is -0.132. The monoisotopic (exact) mass is 454 g/mol.